The zero-order valence-electron chi connectivity index (χ0n) is 25.5. The van der Waals surface area contributed by atoms with Crippen molar-refractivity contribution in [3.05, 3.63) is 130 Å². The van der Waals surface area contributed by atoms with E-state index in [2.05, 4.69) is 87.2 Å². The lowest BCUT2D eigenvalue weighted by molar-refractivity contribution is -0.121. The average Bonchev–Trinajstić information content (AvgIpc) is 3.09. The molecule has 0 aliphatic carbocycles. The van der Waals surface area contributed by atoms with Crippen molar-refractivity contribution >= 4 is 51.5 Å². The first-order valence-electron chi connectivity index (χ1n) is 15.7. The van der Waals surface area contributed by atoms with Gasteiger partial charge in [0.15, 0.2) is 0 Å². The fraction of sp³-hybridized carbons (Fsp3) is 0.270. The van der Waals surface area contributed by atoms with Crippen LogP contribution >= 0.6 is 23.2 Å². The fourth-order valence-electron chi connectivity index (χ4n) is 6.15. The second kappa shape index (κ2) is 14.9. The highest BCUT2D eigenvalue weighted by Gasteiger charge is 2.22. The molecule has 0 atom stereocenters. The number of benzene rings is 4. The molecule has 236 valence electrons. The Morgan fingerprint density at radius 3 is 2.11 bits per heavy atom. The van der Waals surface area contributed by atoms with Crippen molar-refractivity contribution in [1.29, 1.82) is 0 Å². The summed E-state index contributed by atoms with van der Waals surface area (Å²) in [5.74, 6) is 0.803. The number of carbonyl (C=O) groups excluding carboxylic acids is 1. The van der Waals surface area contributed by atoms with Crippen molar-refractivity contribution in [2.24, 2.45) is 0 Å². The molecule has 0 unspecified atom stereocenters. The number of hydrogen-bond donors (Lipinski definition) is 3. The topological polar surface area (TPSA) is 90.4 Å². The highest BCUT2D eigenvalue weighted by atomic mass is 35.5. The minimum Gasteiger partial charge on any atom is -0.395 e. The smallest absolute Gasteiger partial charge is 0.220 e. The first kappa shape index (κ1) is 31.8. The molecule has 46 heavy (non-hydrogen) atoms. The van der Waals surface area contributed by atoms with Crippen LogP contribution in [0, 0.1) is 0 Å². The molecule has 6 rings (SSSR count). The number of hydrogen-bond acceptors (Lipinski definition) is 6. The molecule has 1 fully saturated rings. The number of carbonyl (C=O) groups is 1. The number of fused-ring (bicyclic) bond motifs is 1. The van der Waals surface area contributed by atoms with E-state index in [0.717, 1.165) is 64.9 Å². The second-order valence-corrected chi connectivity index (χ2v) is 12.6. The van der Waals surface area contributed by atoms with Gasteiger partial charge in [-0.15, -0.1) is 0 Å². The molecule has 1 aromatic heterocycles. The van der Waals surface area contributed by atoms with E-state index in [1.165, 1.54) is 5.69 Å². The third kappa shape index (κ3) is 7.79. The van der Waals surface area contributed by atoms with Crippen LogP contribution in [-0.4, -0.2) is 53.3 Å². The van der Waals surface area contributed by atoms with Crippen LogP contribution in [0.25, 0.3) is 10.9 Å². The third-order valence-electron chi connectivity index (χ3n) is 8.61. The van der Waals surface area contributed by atoms with E-state index in [-0.39, 0.29) is 24.5 Å². The van der Waals surface area contributed by atoms with Gasteiger partial charge >= 0.3 is 0 Å². The quantitative estimate of drug-likeness (QED) is 0.130. The normalized spacial score (nSPS) is 13.7. The molecular formula is C37H37Cl2N5O2. The fourth-order valence-corrected chi connectivity index (χ4v) is 6.40. The summed E-state index contributed by atoms with van der Waals surface area (Å²) in [6, 6.07) is 31.2. The summed E-state index contributed by atoms with van der Waals surface area (Å²) in [6.07, 6.45) is 4.69. The van der Waals surface area contributed by atoms with Gasteiger partial charge in [0.2, 0.25) is 5.91 Å². The number of nitrogens with zero attached hydrogens (tertiary/aromatic N) is 3. The lowest BCUT2D eigenvalue weighted by Crippen LogP contribution is -2.39. The molecule has 1 saturated heterocycles. The van der Waals surface area contributed by atoms with Gasteiger partial charge in [-0.1, -0.05) is 65.7 Å². The molecule has 2 heterocycles. The summed E-state index contributed by atoms with van der Waals surface area (Å²) in [7, 11) is 0. The van der Waals surface area contributed by atoms with Gasteiger partial charge < -0.3 is 20.6 Å². The SMILES string of the molecule is O=C(CCc1ccc(N2CCC(Nc3ncnc4ccc(C(c5ccc(Cl)cc5)c5ccc(Cl)cc5)cc34)CC2)cc1)NCCO. The van der Waals surface area contributed by atoms with Crippen LogP contribution in [-0.2, 0) is 11.2 Å². The summed E-state index contributed by atoms with van der Waals surface area (Å²) in [5.41, 5.74) is 6.64. The summed E-state index contributed by atoms with van der Waals surface area (Å²) >= 11 is 12.5. The predicted molar refractivity (Wildman–Crippen MR) is 187 cm³/mol. The number of piperidine rings is 1. The highest BCUT2D eigenvalue weighted by molar-refractivity contribution is 6.30. The van der Waals surface area contributed by atoms with Crippen molar-refractivity contribution in [2.45, 2.75) is 37.6 Å². The van der Waals surface area contributed by atoms with Crippen molar-refractivity contribution in [1.82, 2.24) is 15.3 Å². The van der Waals surface area contributed by atoms with Gasteiger partial charge in [-0.3, -0.25) is 4.79 Å². The van der Waals surface area contributed by atoms with E-state index < -0.39 is 0 Å². The summed E-state index contributed by atoms with van der Waals surface area (Å²) < 4.78 is 0. The minimum atomic E-state index is -0.0417. The molecule has 5 aromatic rings. The number of aliphatic hydroxyl groups excluding tert-OH is 1. The largest absolute Gasteiger partial charge is 0.395 e. The van der Waals surface area contributed by atoms with E-state index in [1.807, 2.05) is 24.3 Å². The Hall–Kier alpha value is -4.17. The number of halogens is 2. The Balaban J connectivity index is 1.15. The molecule has 7 nitrogen and oxygen atoms in total. The highest BCUT2D eigenvalue weighted by Crippen LogP contribution is 2.36. The second-order valence-electron chi connectivity index (χ2n) is 11.7. The maximum Gasteiger partial charge on any atom is 0.220 e. The number of rotatable bonds is 11. The molecule has 9 heteroatoms. The number of nitrogens with one attached hydrogen (secondary N) is 2. The number of amides is 1. The molecule has 1 aliphatic rings. The standard InChI is InChI=1S/C37H37Cl2N5O2/c38-29-9-4-26(5-10-29)36(27-6-11-30(39)12-7-27)28-8-15-34-33(23-28)37(42-24-41-34)43-31-17-20-44(21-18-31)32-13-1-25(2-14-32)3-16-35(46)40-19-22-45/h1-2,4-15,23-24,31,36,45H,3,16-22H2,(H,40,46)(H,41,42,43). The van der Waals surface area contributed by atoms with Crippen LogP contribution in [0.5, 0.6) is 0 Å². The lowest BCUT2D eigenvalue weighted by atomic mass is 9.84. The summed E-state index contributed by atoms with van der Waals surface area (Å²) in [6.45, 7) is 2.13. The average molecular weight is 655 g/mol. The molecular weight excluding hydrogens is 617 g/mol. The van der Waals surface area contributed by atoms with Crippen LogP contribution in [0.2, 0.25) is 10.0 Å². The zero-order chi connectivity index (χ0) is 31.9. The van der Waals surface area contributed by atoms with Crippen molar-refractivity contribution in [3.63, 3.8) is 0 Å². The molecule has 1 aliphatic heterocycles. The first-order valence-corrected chi connectivity index (χ1v) is 16.5. The van der Waals surface area contributed by atoms with E-state index in [4.69, 9.17) is 33.3 Å². The van der Waals surface area contributed by atoms with Crippen molar-refractivity contribution in [2.75, 3.05) is 36.5 Å². The lowest BCUT2D eigenvalue weighted by Gasteiger charge is -2.34. The molecule has 4 aromatic carbocycles. The van der Waals surface area contributed by atoms with Gasteiger partial charge in [0.05, 0.1) is 12.1 Å². The summed E-state index contributed by atoms with van der Waals surface area (Å²) in [5, 5.41) is 17.7. The monoisotopic (exact) mass is 653 g/mol. The van der Waals surface area contributed by atoms with Crippen molar-refractivity contribution < 1.29 is 9.90 Å². The number of aliphatic hydroxyl groups is 1. The van der Waals surface area contributed by atoms with E-state index >= 15 is 0 Å². The van der Waals surface area contributed by atoms with E-state index in [1.54, 1.807) is 6.33 Å². The Bertz CT molecular complexity index is 1710. The van der Waals surface area contributed by atoms with Gasteiger partial charge in [-0.2, -0.15) is 0 Å². The molecule has 0 spiro atoms. The molecule has 3 N–H and O–H groups in total. The first-order chi connectivity index (χ1) is 22.5. The molecule has 1 amide bonds. The molecule has 0 radical (unpaired) electrons. The maximum absolute atomic E-state index is 11.9. The van der Waals surface area contributed by atoms with Crippen molar-refractivity contribution in [3.8, 4) is 0 Å². The van der Waals surface area contributed by atoms with E-state index in [9.17, 15) is 4.79 Å². The molecule has 0 saturated carbocycles. The van der Waals surface area contributed by atoms with Gasteiger partial charge in [0.1, 0.15) is 12.1 Å². The van der Waals surface area contributed by atoms with Crippen LogP contribution in [0.15, 0.2) is 97.3 Å². The number of aromatic nitrogens is 2. The van der Waals surface area contributed by atoms with Gasteiger partial charge in [0, 0.05) is 59.1 Å². The zero-order valence-corrected chi connectivity index (χ0v) is 27.0. The van der Waals surface area contributed by atoms with E-state index in [0.29, 0.717) is 29.4 Å². The minimum absolute atomic E-state index is 0.00923. The van der Waals surface area contributed by atoms with Crippen LogP contribution in [0.1, 0.15) is 47.4 Å². The van der Waals surface area contributed by atoms with Crippen LogP contribution in [0.3, 0.4) is 0 Å². The Morgan fingerprint density at radius 1 is 0.848 bits per heavy atom. The predicted octanol–water partition coefficient (Wildman–Crippen LogP) is 7.24. The van der Waals surface area contributed by atoms with Crippen LogP contribution in [0.4, 0.5) is 11.5 Å². The maximum atomic E-state index is 11.9. The third-order valence-corrected chi connectivity index (χ3v) is 9.12. The Morgan fingerprint density at radius 2 is 1.48 bits per heavy atom. The Kier molecular flexibility index (Phi) is 10.3. The van der Waals surface area contributed by atoms with Crippen LogP contribution < -0.4 is 15.5 Å². The number of anilines is 2. The number of aryl methyl sites for hydroxylation is 1. The van der Waals surface area contributed by atoms with Gasteiger partial charge in [-0.05, 0) is 90.0 Å². The van der Waals surface area contributed by atoms with Gasteiger partial charge in [-0.25, -0.2) is 9.97 Å². The molecule has 0 bridgehead atoms. The van der Waals surface area contributed by atoms with Gasteiger partial charge in [0.25, 0.3) is 0 Å². The Labute approximate surface area is 279 Å². The summed E-state index contributed by atoms with van der Waals surface area (Å²) in [4.78, 5) is 23.5.